The Morgan fingerprint density at radius 1 is 1.38 bits per heavy atom. The summed E-state index contributed by atoms with van der Waals surface area (Å²) in [6.45, 7) is 1.21. The molecule has 0 spiro atoms. The van der Waals surface area contributed by atoms with E-state index < -0.39 is 0 Å². The number of pyridine rings is 1. The van der Waals surface area contributed by atoms with E-state index in [9.17, 15) is 9.59 Å². The predicted octanol–water partition coefficient (Wildman–Crippen LogP) is 1.06. The summed E-state index contributed by atoms with van der Waals surface area (Å²) in [5, 5.41) is 12.0. The smallest absolute Gasteiger partial charge is 0.256 e. The molecule has 2 N–H and O–H groups in total. The fraction of sp³-hybridized carbons (Fsp3) is 0.375. The quantitative estimate of drug-likeness (QED) is 0.826. The van der Waals surface area contributed by atoms with Crippen LogP contribution in [0.1, 0.15) is 28.8 Å². The number of carbonyl (C=O) groups excluding carboxylic acids is 1. The van der Waals surface area contributed by atoms with Crippen molar-refractivity contribution in [2.75, 3.05) is 13.2 Å². The first-order valence-electron chi connectivity index (χ1n) is 7.26. The highest BCUT2D eigenvalue weighted by Gasteiger charge is 2.18. The molecule has 1 aromatic heterocycles. The molecule has 0 bridgehead atoms. The molecule has 0 saturated heterocycles. The Morgan fingerprint density at radius 3 is 3.05 bits per heavy atom. The summed E-state index contributed by atoms with van der Waals surface area (Å²) in [5.41, 5.74) is 2.09. The Balaban J connectivity index is 2.07. The SMILES string of the molecule is O=C(NCCCO)c1cn2c3c(cccc3c1=O)CCC2. The van der Waals surface area contributed by atoms with Gasteiger partial charge >= 0.3 is 0 Å². The number of aliphatic hydroxyl groups is 1. The molecule has 1 aliphatic rings. The van der Waals surface area contributed by atoms with Crippen LogP contribution in [0.15, 0.2) is 29.2 Å². The number of rotatable bonds is 4. The molecule has 1 aliphatic heterocycles. The molecule has 0 atom stereocenters. The largest absolute Gasteiger partial charge is 0.396 e. The first-order valence-corrected chi connectivity index (χ1v) is 7.26. The number of benzene rings is 1. The van der Waals surface area contributed by atoms with E-state index in [1.54, 1.807) is 12.3 Å². The van der Waals surface area contributed by atoms with Crippen molar-refractivity contribution in [2.24, 2.45) is 0 Å². The van der Waals surface area contributed by atoms with Crippen LogP contribution in [0.5, 0.6) is 0 Å². The van der Waals surface area contributed by atoms with Gasteiger partial charge in [0.15, 0.2) is 0 Å². The highest BCUT2D eigenvalue weighted by Crippen LogP contribution is 2.23. The Bertz CT molecular complexity index is 749. The molecule has 1 aromatic carbocycles. The Kier molecular flexibility index (Phi) is 3.75. The minimum atomic E-state index is -0.366. The average molecular weight is 286 g/mol. The normalized spacial score (nSPS) is 13.4. The fourth-order valence-corrected chi connectivity index (χ4v) is 2.89. The van der Waals surface area contributed by atoms with Gasteiger partial charge in [0.1, 0.15) is 5.56 Å². The molecule has 21 heavy (non-hydrogen) atoms. The number of hydrogen-bond acceptors (Lipinski definition) is 3. The van der Waals surface area contributed by atoms with Crippen molar-refractivity contribution in [1.29, 1.82) is 0 Å². The average Bonchev–Trinajstić information content (AvgIpc) is 2.51. The van der Waals surface area contributed by atoms with E-state index in [1.165, 1.54) is 5.56 Å². The van der Waals surface area contributed by atoms with Crippen LogP contribution in [0.25, 0.3) is 10.9 Å². The van der Waals surface area contributed by atoms with Crippen LogP contribution < -0.4 is 10.7 Å². The summed E-state index contributed by atoms with van der Waals surface area (Å²) >= 11 is 0. The number of aliphatic hydroxyl groups excluding tert-OH is 1. The molecule has 0 radical (unpaired) electrons. The zero-order valence-electron chi connectivity index (χ0n) is 11.8. The third-order valence-corrected chi connectivity index (χ3v) is 3.89. The summed E-state index contributed by atoms with van der Waals surface area (Å²) in [6.07, 6.45) is 4.14. The molecular weight excluding hydrogens is 268 g/mol. The van der Waals surface area contributed by atoms with Crippen molar-refractivity contribution in [3.8, 4) is 0 Å². The van der Waals surface area contributed by atoms with Gasteiger partial charge in [-0.2, -0.15) is 0 Å². The lowest BCUT2D eigenvalue weighted by molar-refractivity contribution is 0.0949. The molecule has 1 amide bonds. The van der Waals surface area contributed by atoms with Crippen molar-refractivity contribution in [1.82, 2.24) is 9.88 Å². The van der Waals surface area contributed by atoms with Crippen LogP contribution in [0.3, 0.4) is 0 Å². The van der Waals surface area contributed by atoms with Gasteiger partial charge in [-0.3, -0.25) is 9.59 Å². The standard InChI is InChI=1S/C16H18N2O3/c19-9-3-7-17-16(21)13-10-18-8-2-5-11-4-1-6-12(14(11)18)15(13)20/h1,4,6,10,19H,2-3,5,7-9H2,(H,17,21). The molecule has 5 heteroatoms. The summed E-state index contributed by atoms with van der Waals surface area (Å²) in [6, 6.07) is 5.70. The van der Waals surface area contributed by atoms with Crippen LogP contribution in [-0.4, -0.2) is 28.7 Å². The monoisotopic (exact) mass is 286 g/mol. The molecule has 110 valence electrons. The second-order valence-corrected chi connectivity index (χ2v) is 5.32. The van der Waals surface area contributed by atoms with Gasteiger partial charge in [0.2, 0.25) is 5.43 Å². The second kappa shape index (κ2) is 5.69. The van der Waals surface area contributed by atoms with Crippen LogP contribution in [-0.2, 0) is 13.0 Å². The molecule has 5 nitrogen and oxygen atoms in total. The van der Waals surface area contributed by atoms with E-state index in [2.05, 4.69) is 5.32 Å². The van der Waals surface area contributed by atoms with Gasteiger partial charge in [0.25, 0.3) is 5.91 Å². The highest BCUT2D eigenvalue weighted by molar-refractivity contribution is 5.97. The Morgan fingerprint density at radius 2 is 2.24 bits per heavy atom. The number of amides is 1. The van der Waals surface area contributed by atoms with E-state index in [-0.39, 0.29) is 23.5 Å². The van der Waals surface area contributed by atoms with Crippen LogP contribution in [0, 0.1) is 0 Å². The van der Waals surface area contributed by atoms with Crippen LogP contribution in [0.2, 0.25) is 0 Å². The van der Waals surface area contributed by atoms with E-state index in [0.29, 0.717) is 18.4 Å². The number of para-hydroxylation sites is 1. The van der Waals surface area contributed by atoms with Gasteiger partial charge < -0.3 is 15.0 Å². The first kappa shape index (κ1) is 13.8. The molecule has 0 saturated carbocycles. The maximum absolute atomic E-state index is 12.5. The minimum absolute atomic E-state index is 0.0194. The number of nitrogens with zero attached hydrogens (tertiary/aromatic N) is 1. The third-order valence-electron chi connectivity index (χ3n) is 3.89. The maximum atomic E-state index is 12.5. The van der Waals surface area contributed by atoms with Crippen molar-refractivity contribution < 1.29 is 9.90 Å². The van der Waals surface area contributed by atoms with Crippen LogP contribution >= 0.6 is 0 Å². The van der Waals surface area contributed by atoms with Gasteiger partial charge in [0.05, 0.1) is 5.52 Å². The number of carbonyl (C=O) groups is 1. The fourth-order valence-electron chi connectivity index (χ4n) is 2.89. The van der Waals surface area contributed by atoms with E-state index >= 15 is 0 Å². The van der Waals surface area contributed by atoms with Crippen molar-refractivity contribution in [3.05, 3.63) is 45.7 Å². The van der Waals surface area contributed by atoms with Gasteiger partial charge in [0, 0.05) is 31.3 Å². The first-order chi connectivity index (χ1) is 10.2. The summed E-state index contributed by atoms with van der Waals surface area (Å²) in [7, 11) is 0. The minimum Gasteiger partial charge on any atom is -0.396 e. The van der Waals surface area contributed by atoms with Crippen molar-refractivity contribution in [2.45, 2.75) is 25.8 Å². The summed E-state index contributed by atoms with van der Waals surface area (Å²) < 4.78 is 2.01. The van der Waals surface area contributed by atoms with Gasteiger partial charge in [-0.1, -0.05) is 12.1 Å². The Hall–Kier alpha value is -2.14. The topological polar surface area (TPSA) is 71.3 Å². The van der Waals surface area contributed by atoms with Gasteiger partial charge in [-0.25, -0.2) is 0 Å². The van der Waals surface area contributed by atoms with E-state index in [4.69, 9.17) is 5.11 Å². The third kappa shape index (κ3) is 2.45. The molecule has 2 heterocycles. The number of hydrogen-bond donors (Lipinski definition) is 2. The van der Waals surface area contributed by atoms with Crippen LogP contribution in [0.4, 0.5) is 0 Å². The van der Waals surface area contributed by atoms with Gasteiger partial charge in [-0.15, -0.1) is 0 Å². The van der Waals surface area contributed by atoms with Gasteiger partial charge in [-0.05, 0) is 30.9 Å². The number of nitrogens with one attached hydrogen (secondary N) is 1. The Labute approximate surface area is 122 Å². The lowest BCUT2D eigenvalue weighted by atomic mass is 10.00. The highest BCUT2D eigenvalue weighted by atomic mass is 16.3. The van der Waals surface area contributed by atoms with E-state index in [0.717, 1.165) is 24.9 Å². The molecule has 0 aliphatic carbocycles. The van der Waals surface area contributed by atoms with Crippen molar-refractivity contribution >= 4 is 16.8 Å². The predicted molar refractivity (Wildman–Crippen MR) is 80.6 cm³/mol. The van der Waals surface area contributed by atoms with E-state index in [1.807, 2.05) is 16.7 Å². The molecule has 0 fully saturated rings. The zero-order valence-corrected chi connectivity index (χ0v) is 11.8. The number of aryl methyl sites for hydroxylation is 2. The maximum Gasteiger partial charge on any atom is 0.256 e. The molecule has 0 unspecified atom stereocenters. The summed E-state index contributed by atoms with van der Waals surface area (Å²) in [5.74, 6) is -0.366. The molecule has 2 aromatic rings. The summed E-state index contributed by atoms with van der Waals surface area (Å²) in [4.78, 5) is 24.7. The lowest BCUT2D eigenvalue weighted by Gasteiger charge is -2.20. The lowest BCUT2D eigenvalue weighted by Crippen LogP contribution is -2.31. The zero-order chi connectivity index (χ0) is 14.8. The second-order valence-electron chi connectivity index (χ2n) is 5.32. The van der Waals surface area contributed by atoms with Crippen molar-refractivity contribution in [3.63, 3.8) is 0 Å². The number of aromatic nitrogens is 1. The molecular formula is C16H18N2O3. The molecule has 3 rings (SSSR count).